The molecule has 2 heterocycles. The van der Waals surface area contributed by atoms with Crippen LogP contribution in [-0.2, 0) is 5.41 Å². The van der Waals surface area contributed by atoms with Gasteiger partial charge in [-0.1, -0.05) is 44.9 Å². The second-order valence-corrected chi connectivity index (χ2v) is 7.17. The number of aromatic nitrogens is 4. The average Bonchev–Trinajstić information content (AvgIpc) is 2.80. The zero-order valence-electron chi connectivity index (χ0n) is 13.6. The number of rotatable bonds is 0. The molecule has 0 N–H and O–H groups in total. The number of hydrogen-bond acceptors (Lipinski definition) is 3. The maximum absolute atomic E-state index is 4.53. The first-order valence-corrected chi connectivity index (χ1v) is 8.16. The Labute approximate surface area is 144 Å². The first-order chi connectivity index (χ1) is 10.9. The zero-order valence-corrected chi connectivity index (χ0v) is 15.1. The number of hydrogen-bond donors (Lipinski definition) is 0. The first kappa shape index (κ1) is 15.7. The summed E-state index contributed by atoms with van der Waals surface area (Å²) in [6.07, 6.45) is 0. The Balaban J connectivity index is 2.28. The molecule has 0 aliphatic heterocycles. The quantitative estimate of drug-likeness (QED) is 0.565. The zero-order chi connectivity index (χ0) is 16.6. The van der Waals surface area contributed by atoms with E-state index in [0.29, 0.717) is 0 Å². The van der Waals surface area contributed by atoms with Crippen molar-refractivity contribution in [1.29, 1.82) is 0 Å². The second kappa shape index (κ2) is 5.78. The summed E-state index contributed by atoms with van der Waals surface area (Å²) in [4.78, 5) is 0. The van der Waals surface area contributed by atoms with Crippen LogP contribution in [0.25, 0.3) is 5.65 Å². The smallest absolute Gasteiger partial charge is 0.182 e. The van der Waals surface area contributed by atoms with Gasteiger partial charge in [-0.05, 0) is 40.9 Å². The van der Waals surface area contributed by atoms with Crippen LogP contribution in [0, 0.1) is 18.8 Å². The fraction of sp³-hybridized carbons (Fsp3) is 0.278. The monoisotopic (exact) mass is 368 g/mol. The van der Waals surface area contributed by atoms with Gasteiger partial charge in [0.15, 0.2) is 5.65 Å². The maximum Gasteiger partial charge on any atom is 0.182 e. The molecule has 5 heteroatoms. The molecule has 3 rings (SSSR count). The van der Waals surface area contributed by atoms with Crippen molar-refractivity contribution in [2.24, 2.45) is 0 Å². The van der Waals surface area contributed by atoms with Crippen molar-refractivity contribution in [1.82, 2.24) is 19.8 Å². The Kier molecular flexibility index (Phi) is 3.95. The minimum Gasteiger partial charge on any atom is -0.202 e. The summed E-state index contributed by atoms with van der Waals surface area (Å²) in [5, 5.41) is 13.3. The third kappa shape index (κ3) is 2.99. The van der Waals surface area contributed by atoms with Crippen LogP contribution in [0.4, 0.5) is 0 Å². The lowest BCUT2D eigenvalue weighted by atomic mass is 9.90. The molecule has 23 heavy (non-hydrogen) atoms. The van der Waals surface area contributed by atoms with Gasteiger partial charge in [-0.2, -0.15) is 5.10 Å². The van der Waals surface area contributed by atoms with Crippen LogP contribution in [0.15, 0.2) is 34.9 Å². The van der Waals surface area contributed by atoms with Gasteiger partial charge >= 0.3 is 0 Å². The predicted octanol–water partition coefficient (Wildman–Crippen LogP) is 3.89. The van der Waals surface area contributed by atoms with Crippen molar-refractivity contribution in [2.75, 3.05) is 0 Å². The van der Waals surface area contributed by atoms with Crippen molar-refractivity contribution in [3.63, 3.8) is 0 Å². The Morgan fingerprint density at radius 1 is 1.04 bits per heavy atom. The molecule has 0 amide bonds. The number of benzene rings is 1. The van der Waals surface area contributed by atoms with Crippen molar-refractivity contribution in [3.05, 3.63) is 57.4 Å². The molecular formula is C18H17BrN4. The molecule has 0 spiro atoms. The lowest BCUT2D eigenvalue weighted by Gasteiger charge is -2.18. The Morgan fingerprint density at radius 3 is 2.39 bits per heavy atom. The van der Waals surface area contributed by atoms with Gasteiger partial charge in [-0.3, -0.25) is 0 Å². The number of nitrogens with zero attached hydrogens (tertiary/aromatic N) is 4. The van der Waals surface area contributed by atoms with Crippen LogP contribution in [0.5, 0.6) is 0 Å². The van der Waals surface area contributed by atoms with E-state index in [4.69, 9.17) is 0 Å². The van der Waals surface area contributed by atoms with Crippen LogP contribution >= 0.6 is 15.9 Å². The molecule has 1 aromatic carbocycles. The summed E-state index contributed by atoms with van der Waals surface area (Å²) in [5.74, 6) is 6.45. The lowest BCUT2D eigenvalue weighted by Crippen LogP contribution is -2.19. The molecule has 4 nitrogen and oxygen atoms in total. The Hall–Kier alpha value is -2.19. The highest BCUT2D eigenvalue weighted by Crippen LogP contribution is 2.26. The van der Waals surface area contributed by atoms with Gasteiger partial charge in [0.05, 0.1) is 0 Å². The van der Waals surface area contributed by atoms with Gasteiger partial charge in [0.25, 0.3) is 0 Å². The van der Waals surface area contributed by atoms with Gasteiger partial charge in [0.1, 0.15) is 16.0 Å². The molecule has 0 saturated carbocycles. The highest BCUT2D eigenvalue weighted by molar-refractivity contribution is 9.10. The summed E-state index contributed by atoms with van der Waals surface area (Å²) in [6.45, 7) is 8.26. The highest BCUT2D eigenvalue weighted by Gasteiger charge is 2.24. The molecule has 0 aliphatic rings. The molecule has 0 atom stereocenters. The molecule has 0 bridgehead atoms. The van der Waals surface area contributed by atoms with Crippen molar-refractivity contribution in [2.45, 2.75) is 33.1 Å². The molecule has 0 radical (unpaired) electrons. The molecule has 3 aromatic rings. The maximum atomic E-state index is 4.53. The fourth-order valence-electron chi connectivity index (χ4n) is 2.25. The van der Waals surface area contributed by atoms with Crippen LogP contribution in [0.1, 0.15) is 43.3 Å². The van der Waals surface area contributed by atoms with Gasteiger partial charge < -0.3 is 0 Å². The fourth-order valence-corrected chi connectivity index (χ4v) is 2.59. The number of halogens is 1. The van der Waals surface area contributed by atoms with Crippen molar-refractivity contribution in [3.8, 4) is 11.8 Å². The van der Waals surface area contributed by atoms with E-state index < -0.39 is 0 Å². The van der Waals surface area contributed by atoms with Crippen LogP contribution < -0.4 is 0 Å². The van der Waals surface area contributed by atoms with E-state index in [1.807, 2.05) is 37.3 Å². The van der Waals surface area contributed by atoms with Gasteiger partial charge in [-0.15, -0.1) is 10.2 Å². The molecule has 0 aliphatic carbocycles. The van der Waals surface area contributed by atoms with Crippen LogP contribution in [0.2, 0.25) is 0 Å². The lowest BCUT2D eigenvalue weighted by molar-refractivity contribution is 0.548. The first-order valence-electron chi connectivity index (χ1n) is 7.37. The van der Waals surface area contributed by atoms with E-state index in [2.05, 4.69) is 63.8 Å². The topological polar surface area (TPSA) is 43.1 Å². The third-order valence-electron chi connectivity index (χ3n) is 3.52. The Morgan fingerprint density at radius 2 is 1.74 bits per heavy atom. The highest BCUT2D eigenvalue weighted by atomic mass is 79.9. The summed E-state index contributed by atoms with van der Waals surface area (Å²) in [6, 6.07) is 9.90. The molecule has 116 valence electrons. The Bertz CT molecular complexity index is 925. The van der Waals surface area contributed by atoms with E-state index in [9.17, 15) is 0 Å². The van der Waals surface area contributed by atoms with E-state index >= 15 is 0 Å². The normalized spacial score (nSPS) is 11.3. The van der Waals surface area contributed by atoms with Gasteiger partial charge in [-0.25, -0.2) is 4.52 Å². The molecule has 0 fully saturated rings. The van der Waals surface area contributed by atoms with Crippen LogP contribution in [0.3, 0.4) is 0 Å². The van der Waals surface area contributed by atoms with Crippen molar-refractivity contribution >= 4 is 21.6 Å². The largest absolute Gasteiger partial charge is 0.202 e. The molecule has 2 aromatic heterocycles. The predicted molar refractivity (Wildman–Crippen MR) is 94.3 cm³/mol. The van der Waals surface area contributed by atoms with Gasteiger partial charge in [0.2, 0.25) is 0 Å². The van der Waals surface area contributed by atoms with E-state index in [1.54, 1.807) is 4.52 Å². The van der Waals surface area contributed by atoms with E-state index in [-0.39, 0.29) is 5.41 Å². The number of fused-ring (bicyclic) bond motifs is 1. The average molecular weight is 369 g/mol. The minimum absolute atomic E-state index is 0.172. The number of aryl methyl sites for hydroxylation is 1. The summed E-state index contributed by atoms with van der Waals surface area (Å²) in [5.41, 5.74) is 4.08. The molecule has 0 saturated heterocycles. The van der Waals surface area contributed by atoms with Crippen LogP contribution in [-0.4, -0.2) is 19.8 Å². The van der Waals surface area contributed by atoms with E-state index in [1.165, 1.54) is 0 Å². The SMILES string of the molecule is Cc1c(Br)nn2c(C#Cc3ccccc3)c(C(C)(C)C)nnc12. The standard InChI is InChI=1S/C18H17BrN4/c1-12-16(19)22-23-14(11-10-13-8-6-5-7-9-13)15(18(2,3)4)20-21-17(12)23/h5-9H,1-4H3. The second-order valence-electron chi connectivity index (χ2n) is 6.41. The molecular weight excluding hydrogens is 352 g/mol. The third-order valence-corrected chi connectivity index (χ3v) is 4.28. The summed E-state index contributed by atoms with van der Waals surface area (Å²) in [7, 11) is 0. The summed E-state index contributed by atoms with van der Waals surface area (Å²) >= 11 is 3.47. The van der Waals surface area contributed by atoms with E-state index in [0.717, 1.165) is 32.8 Å². The summed E-state index contributed by atoms with van der Waals surface area (Å²) < 4.78 is 2.55. The van der Waals surface area contributed by atoms with Crippen molar-refractivity contribution < 1.29 is 0 Å². The molecule has 0 unspecified atom stereocenters. The minimum atomic E-state index is -0.172. The van der Waals surface area contributed by atoms with Gasteiger partial charge in [0, 0.05) is 16.5 Å².